The fraction of sp³-hybridized carbons (Fsp3) is 0.167. The smallest absolute Gasteiger partial charge is 0.130 e. The molecule has 0 radical (unpaired) electrons. The SMILES string of the molecule is Cc1sc(C(Br)c2c(F)cccc2F)cc1Br. The number of rotatable bonds is 2. The van der Waals surface area contributed by atoms with E-state index in [1.165, 1.54) is 29.5 Å². The van der Waals surface area contributed by atoms with Crippen LogP contribution in [0.1, 0.15) is 20.1 Å². The van der Waals surface area contributed by atoms with Crippen molar-refractivity contribution in [3.8, 4) is 0 Å². The molecule has 0 spiro atoms. The van der Waals surface area contributed by atoms with Crippen molar-refractivity contribution in [2.45, 2.75) is 11.8 Å². The van der Waals surface area contributed by atoms with Gasteiger partial charge in [0.15, 0.2) is 0 Å². The van der Waals surface area contributed by atoms with E-state index in [9.17, 15) is 8.78 Å². The highest BCUT2D eigenvalue weighted by Gasteiger charge is 2.21. The predicted octanol–water partition coefficient (Wildman–Crippen LogP) is 5.58. The number of alkyl halides is 1. The van der Waals surface area contributed by atoms with E-state index in [1.807, 2.05) is 13.0 Å². The summed E-state index contributed by atoms with van der Waals surface area (Å²) in [5.74, 6) is -1.07. The molecule has 0 aliphatic rings. The number of aryl methyl sites for hydroxylation is 1. The van der Waals surface area contributed by atoms with Crippen LogP contribution in [0.5, 0.6) is 0 Å². The summed E-state index contributed by atoms with van der Waals surface area (Å²) in [6.07, 6.45) is 0. The molecule has 1 aromatic heterocycles. The lowest BCUT2D eigenvalue weighted by atomic mass is 10.1. The minimum atomic E-state index is -0.533. The van der Waals surface area contributed by atoms with Crippen LogP contribution in [0.25, 0.3) is 0 Å². The Morgan fingerprint density at radius 3 is 2.29 bits per heavy atom. The molecule has 0 saturated heterocycles. The Morgan fingerprint density at radius 1 is 1.24 bits per heavy atom. The van der Waals surface area contributed by atoms with Gasteiger partial charge in [0.25, 0.3) is 0 Å². The Balaban J connectivity index is 2.47. The lowest BCUT2D eigenvalue weighted by molar-refractivity contribution is 0.561. The van der Waals surface area contributed by atoms with Gasteiger partial charge in [0, 0.05) is 19.8 Å². The van der Waals surface area contributed by atoms with E-state index in [4.69, 9.17) is 0 Å². The maximum Gasteiger partial charge on any atom is 0.130 e. The van der Waals surface area contributed by atoms with E-state index in [0.717, 1.165) is 14.2 Å². The lowest BCUT2D eigenvalue weighted by Crippen LogP contribution is -1.98. The van der Waals surface area contributed by atoms with Crippen molar-refractivity contribution in [3.63, 3.8) is 0 Å². The van der Waals surface area contributed by atoms with Crippen LogP contribution in [-0.4, -0.2) is 0 Å². The Hall–Kier alpha value is -0.260. The van der Waals surface area contributed by atoms with Gasteiger partial charge in [-0.25, -0.2) is 8.78 Å². The number of hydrogen-bond acceptors (Lipinski definition) is 1. The normalized spacial score (nSPS) is 12.8. The highest BCUT2D eigenvalue weighted by molar-refractivity contribution is 9.10. The van der Waals surface area contributed by atoms with Gasteiger partial charge in [-0.15, -0.1) is 11.3 Å². The molecule has 2 aromatic rings. The molecule has 0 aliphatic carbocycles. The molecule has 0 amide bonds. The molecule has 0 bridgehead atoms. The summed E-state index contributed by atoms with van der Waals surface area (Å²) in [6.45, 7) is 1.95. The molecule has 1 atom stereocenters. The second kappa shape index (κ2) is 5.16. The third-order valence-electron chi connectivity index (χ3n) is 2.38. The molecule has 5 heteroatoms. The van der Waals surface area contributed by atoms with Crippen LogP contribution in [0.15, 0.2) is 28.7 Å². The minimum Gasteiger partial charge on any atom is -0.207 e. The van der Waals surface area contributed by atoms with Crippen LogP contribution in [0.2, 0.25) is 0 Å². The van der Waals surface area contributed by atoms with Gasteiger partial charge in [-0.05, 0) is 41.1 Å². The molecule has 0 saturated carbocycles. The molecular formula is C12H8Br2F2S. The van der Waals surface area contributed by atoms with Crippen molar-refractivity contribution >= 4 is 43.2 Å². The van der Waals surface area contributed by atoms with E-state index in [0.29, 0.717) is 0 Å². The molecule has 2 rings (SSSR count). The first kappa shape index (κ1) is 13.2. The summed E-state index contributed by atoms with van der Waals surface area (Å²) in [7, 11) is 0. The largest absolute Gasteiger partial charge is 0.207 e. The van der Waals surface area contributed by atoms with E-state index in [2.05, 4.69) is 31.9 Å². The molecule has 1 heterocycles. The van der Waals surface area contributed by atoms with Crippen LogP contribution in [-0.2, 0) is 0 Å². The summed E-state index contributed by atoms with van der Waals surface area (Å²) < 4.78 is 28.2. The molecule has 0 aliphatic heterocycles. The predicted molar refractivity (Wildman–Crippen MR) is 73.9 cm³/mol. The number of hydrogen-bond donors (Lipinski definition) is 0. The average Bonchev–Trinajstić information content (AvgIpc) is 2.59. The van der Waals surface area contributed by atoms with Crippen molar-refractivity contribution in [3.05, 3.63) is 55.7 Å². The van der Waals surface area contributed by atoms with Gasteiger partial charge >= 0.3 is 0 Å². The topological polar surface area (TPSA) is 0 Å². The summed E-state index contributed by atoms with van der Waals surface area (Å²) in [5, 5.41) is 0. The molecule has 17 heavy (non-hydrogen) atoms. The van der Waals surface area contributed by atoms with Crippen LogP contribution < -0.4 is 0 Å². The van der Waals surface area contributed by atoms with Crippen molar-refractivity contribution in [2.24, 2.45) is 0 Å². The molecule has 1 unspecified atom stereocenters. The number of thiophene rings is 1. The summed E-state index contributed by atoms with van der Waals surface area (Å²) in [4.78, 5) is 1.50. The number of benzene rings is 1. The van der Waals surface area contributed by atoms with Crippen LogP contribution in [0.4, 0.5) is 8.78 Å². The fourth-order valence-electron chi connectivity index (χ4n) is 1.50. The maximum absolute atomic E-state index is 13.6. The molecule has 1 aromatic carbocycles. The van der Waals surface area contributed by atoms with Crippen molar-refractivity contribution in [2.75, 3.05) is 0 Å². The zero-order chi connectivity index (χ0) is 12.6. The minimum absolute atomic E-state index is 0.0567. The first-order valence-electron chi connectivity index (χ1n) is 4.84. The van der Waals surface area contributed by atoms with Crippen LogP contribution in [0.3, 0.4) is 0 Å². The molecule has 0 nitrogen and oxygen atoms in total. The van der Waals surface area contributed by atoms with Gasteiger partial charge in [0.05, 0.1) is 4.83 Å². The zero-order valence-electron chi connectivity index (χ0n) is 8.81. The summed E-state index contributed by atoms with van der Waals surface area (Å²) in [5.41, 5.74) is 0.0567. The van der Waals surface area contributed by atoms with Crippen LogP contribution >= 0.6 is 43.2 Å². The highest BCUT2D eigenvalue weighted by atomic mass is 79.9. The quantitative estimate of drug-likeness (QED) is 0.595. The van der Waals surface area contributed by atoms with Crippen molar-refractivity contribution in [1.82, 2.24) is 0 Å². The van der Waals surface area contributed by atoms with E-state index < -0.39 is 16.5 Å². The van der Waals surface area contributed by atoms with Gasteiger partial charge < -0.3 is 0 Å². The van der Waals surface area contributed by atoms with Gasteiger partial charge in [-0.2, -0.15) is 0 Å². The first-order valence-corrected chi connectivity index (χ1v) is 7.37. The van der Waals surface area contributed by atoms with Gasteiger partial charge in [0.1, 0.15) is 11.6 Å². The van der Waals surface area contributed by atoms with Gasteiger partial charge in [0.2, 0.25) is 0 Å². The Bertz CT molecular complexity index is 512. The summed E-state index contributed by atoms with van der Waals surface area (Å²) >= 11 is 8.26. The monoisotopic (exact) mass is 380 g/mol. The van der Waals surface area contributed by atoms with E-state index >= 15 is 0 Å². The Morgan fingerprint density at radius 2 is 1.82 bits per heavy atom. The lowest BCUT2D eigenvalue weighted by Gasteiger charge is -2.10. The second-order valence-electron chi connectivity index (χ2n) is 3.55. The Kier molecular flexibility index (Phi) is 4.00. The number of halogens is 4. The first-order chi connectivity index (χ1) is 8.00. The Labute approximate surface area is 119 Å². The fourth-order valence-corrected chi connectivity index (χ4v) is 3.90. The standard InChI is InChI=1S/C12H8Br2F2S/c1-6-7(13)5-10(17-6)12(14)11-8(15)3-2-4-9(11)16/h2-5,12H,1H3. The van der Waals surface area contributed by atoms with E-state index in [-0.39, 0.29) is 5.56 Å². The maximum atomic E-state index is 13.6. The van der Waals surface area contributed by atoms with Crippen molar-refractivity contribution < 1.29 is 8.78 Å². The highest BCUT2D eigenvalue weighted by Crippen LogP contribution is 2.40. The third kappa shape index (κ3) is 2.61. The van der Waals surface area contributed by atoms with Crippen LogP contribution in [0, 0.1) is 18.6 Å². The molecule has 90 valence electrons. The van der Waals surface area contributed by atoms with Crippen molar-refractivity contribution in [1.29, 1.82) is 0 Å². The van der Waals surface area contributed by atoms with Gasteiger partial charge in [-0.3, -0.25) is 0 Å². The molecule has 0 N–H and O–H groups in total. The molecular weight excluding hydrogens is 374 g/mol. The molecule has 0 fully saturated rings. The van der Waals surface area contributed by atoms with Gasteiger partial charge in [-0.1, -0.05) is 22.0 Å². The summed E-state index contributed by atoms with van der Waals surface area (Å²) in [6, 6.07) is 5.78. The van der Waals surface area contributed by atoms with E-state index in [1.54, 1.807) is 0 Å². The average molecular weight is 382 g/mol. The zero-order valence-corrected chi connectivity index (χ0v) is 12.8. The third-order valence-corrected chi connectivity index (χ3v) is 5.83. The second-order valence-corrected chi connectivity index (χ2v) is 6.61.